The quantitative estimate of drug-likeness (QED) is 0.265. The number of nitrogens with zero attached hydrogens (tertiary/aromatic N) is 7. The Bertz CT molecular complexity index is 1880. The third-order valence-corrected chi connectivity index (χ3v) is 7.96. The molecule has 6 rings (SSSR count). The molecule has 0 saturated carbocycles. The number of carbonyl (C=O) groups excluding carboxylic acids is 1. The second kappa shape index (κ2) is 10.3. The molecule has 2 atom stereocenters. The van der Waals surface area contributed by atoms with Gasteiger partial charge in [-0.25, -0.2) is 9.37 Å². The van der Waals surface area contributed by atoms with Crippen molar-refractivity contribution >= 4 is 62.7 Å². The van der Waals surface area contributed by atoms with Crippen LogP contribution in [0.3, 0.4) is 0 Å². The Hall–Kier alpha value is -4.71. The van der Waals surface area contributed by atoms with E-state index < -0.39 is 5.82 Å². The minimum Gasteiger partial charge on any atom is -0.380 e. The van der Waals surface area contributed by atoms with Gasteiger partial charge in [-0.3, -0.25) is 9.48 Å². The van der Waals surface area contributed by atoms with E-state index in [4.69, 9.17) is 26.8 Å². The van der Waals surface area contributed by atoms with E-state index in [1.165, 1.54) is 6.08 Å². The first-order chi connectivity index (χ1) is 20.1. The number of anilines is 4. The molecule has 4 heterocycles. The lowest BCUT2D eigenvalue weighted by Crippen LogP contribution is -2.58. The van der Waals surface area contributed by atoms with E-state index in [1.807, 2.05) is 20.8 Å². The lowest BCUT2D eigenvalue weighted by molar-refractivity contribution is -0.128. The second-order valence-electron chi connectivity index (χ2n) is 10.6. The summed E-state index contributed by atoms with van der Waals surface area (Å²) in [6.07, 6.45) is 4.70. The van der Waals surface area contributed by atoms with Crippen molar-refractivity contribution < 1.29 is 13.7 Å². The fraction of sp³-hybridized carbons (Fsp3) is 0.276. The number of hydrogen-bond acceptors (Lipinski definition) is 9. The highest BCUT2D eigenvalue weighted by atomic mass is 35.5. The Labute approximate surface area is 245 Å². The molecule has 0 spiro atoms. The van der Waals surface area contributed by atoms with E-state index in [0.717, 1.165) is 5.56 Å². The standard InChI is InChI=1S/C29H29ClFN9O2/c1-6-21(41)39-11-16(4)40(12-15(39)3)28-18-9-19(30)23(22-14(2)7-8-20-24(22)27(32)37-42-20)25(31)26(18)35-29(36-28)34-17-10-33-38(5)13-17/h6-10,13,15-16H,1,11-12H2,2-5H3,(H2,32,37)(H,34,35,36)/t15-,16+/m1/s1. The Morgan fingerprint density at radius 1 is 1.24 bits per heavy atom. The molecule has 13 heteroatoms. The van der Waals surface area contributed by atoms with Gasteiger partial charge in [-0.2, -0.15) is 10.1 Å². The number of aryl methyl sites for hydroxylation is 2. The van der Waals surface area contributed by atoms with E-state index in [1.54, 1.807) is 47.2 Å². The van der Waals surface area contributed by atoms with Gasteiger partial charge in [-0.05, 0) is 44.5 Å². The highest BCUT2D eigenvalue weighted by molar-refractivity contribution is 6.35. The number of nitrogens with one attached hydrogen (secondary N) is 1. The molecule has 0 radical (unpaired) electrons. The number of aromatic nitrogens is 5. The predicted molar refractivity (Wildman–Crippen MR) is 161 cm³/mol. The smallest absolute Gasteiger partial charge is 0.246 e. The van der Waals surface area contributed by atoms with Crippen LogP contribution < -0.4 is 16.0 Å². The number of rotatable bonds is 5. The number of halogens is 2. The molecule has 1 saturated heterocycles. The topological polar surface area (TPSA) is 131 Å². The first-order valence-electron chi connectivity index (χ1n) is 13.4. The maximum Gasteiger partial charge on any atom is 0.246 e. The first kappa shape index (κ1) is 27.5. The van der Waals surface area contributed by atoms with Crippen molar-refractivity contribution in [2.24, 2.45) is 7.05 Å². The van der Waals surface area contributed by atoms with E-state index in [2.05, 4.69) is 32.0 Å². The molecule has 2 aromatic carbocycles. The molecule has 5 aromatic rings. The number of hydrogen-bond donors (Lipinski definition) is 2. The van der Waals surface area contributed by atoms with Crippen molar-refractivity contribution in [2.75, 3.05) is 29.0 Å². The van der Waals surface area contributed by atoms with Crippen molar-refractivity contribution in [1.82, 2.24) is 29.8 Å². The summed E-state index contributed by atoms with van der Waals surface area (Å²) < 4.78 is 23.8. The fourth-order valence-corrected chi connectivity index (χ4v) is 5.92. The summed E-state index contributed by atoms with van der Waals surface area (Å²) in [4.78, 5) is 25.8. The lowest BCUT2D eigenvalue weighted by atomic mass is 9.94. The molecule has 216 valence electrons. The summed E-state index contributed by atoms with van der Waals surface area (Å²) in [5, 5.41) is 12.3. The molecule has 1 fully saturated rings. The zero-order valence-corrected chi connectivity index (χ0v) is 24.3. The van der Waals surface area contributed by atoms with Gasteiger partial charge in [0.15, 0.2) is 17.2 Å². The van der Waals surface area contributed by atoms with Gasteiger partial charge in [0.2, 0.25) is 11.9 Å². The molecule has 3 aromatic heterocycles. The SMILES string of the molecule is C=CC(=O)N1C[C@H](C)N(c2nc(Nc3cnn(C)c3)nc3c(F)c(-c4c(C)ccc5onc(N)c45)c(Cl)cc23)C[C@H]1C. The number of carbonyl (C=O) groups is 1. The molecule has 11 nitrogen and oxygen atoms in total. The van der Waals surface area contributed by atoms with Gasteiger partial charge >= 0.3 is 0 Å². The third kappa shape index (κ3) is 4.48. The number of nitrogens with two attached hydrogens (primary N) is 1. The maximum atomic E-state index is 16.8. The van der Waals surface area contributed by atoms with Gasteiger partial charge in [0.25, 0.3) is 0 Å². The van der Waals surface area contributed by atoms with Crippen molar-refractivity contribution in [1.29, 1.82) is 0 Å². The molecule has 1 amide bonds. The molecule has 3 N–H and O–H groups in total. The first-order valence-corrected chi connectivity index (χ1v) is 13.7. The van der Waals surface area contributed by atoms with Crippen LogP contribution in [0.1, 0.15) is 19.4 Å². The van der Waals surface area contributed by atoms with Crippen molar-refractivity contribution in [3.63, 3.8) is 0 Å². The van der Waals surface area contributed by atoms with Crippen LogP contribution in [0, 0.1) is 12.7 Å². The zero-order valence-electron chi connectivity index (χ0n) is 23.5. The molecular weight excluding hydrogens is 561 g/mol. The minimum absolute atomic E-state index is 0.0710. The van der Waals surface area contributed by atoms with Crippen LogP contribution in [0.2, 0.25) is 5.02 Å². The summed E-state index contributed by atoms with van der Waals surface area (Å²) >= 11 is 6.87. The Kier molecular flexibility index (Phi) is 6.72. The third-order valence-electron chi connectivity index (χ3n) is 7.66. The summed E-state index contributed by atoms with van der Waals surface area (Å²) in [6.45, 7) is 10.3. The van der Waals surface area contributed by atoms with Gasteiger partial charge in [0.05, 0.1) is 22.3 Å². The monoisotopic (exact) mass is 589 g/mol. The van der Waals surface area contributed by atoms with Gasteiger partial charge in [0, 0.05) is 54.9 Å². The number of benzene rings is 2. The summed E-state index contributed by atoms with van der Waals surface area (Å²) in [7, 11) is 1.79. The Morgan fingerprint density at radius 2 is 2.02 bits per heavy atom. The lowest BCUT2D eigenvalue weighted by Gasteiger charge is -2.44. The van der Waals surface area contributed by atoms with Crippen LogP contribution in [0.5, 0.6) is 0 Å². The molecule has 0 aliphatic carbocycles. The molecule has 0 unspecified atom stereocenters. The largest absolute Gasteiger partial charge is 0.380 e. The Balaban J connectivity index is 1.58. The Morgan fingerprint density at radius 3 is 2.74 bits per heavy atom. The van der Waals surface area contributed by atoms with Gasteiger partial charge < -0.3 is 25.4 Å². The van der Waals surface area contributed by atoms with E-state index >= 15 is 4.39 Å². The molecule has 1 aliphatic heterocycles. The highest BCUT2D eigenvalue weighted by Crippen LogP contribution is 2.44. The van der Waals surface area contributed by atoms with Gasteiger partial charge in [-0.1, -0.05) is 29.4 Å². The van der Waals surface area contributed by atoms with Crippen LogP contribution in [0.15, 0.2) is 47.8 Å². The average Bonchev–Trinajstić information content (AvgIpc) is 3.55. The van der Waals surface area contributed by atoms with Crippen molar-refractivity contribution in [3.05, 3.63) is 59.7 Å². The normalized spacial score (nSPS) is 17.3. The van der Waals surface area contributed by atoms with E-state index in [-0.39, 0.29) is 45.9 Å². The number of amides is 1. The summed E-state index contributed by atoms with van der Waals surface area (Å²) in [6, 6.07) is 4.92. The second-order valence-corrected chi connectivity index (χ2v) is 11.0. The van der Waals surface area contributed by atoms with Crippen LogP contribution in [-0.2, 0) is 11.8 Å². The van der Waals surface area contributed by atoms with E-state index in [9.17, 15) is 4.79 Å². The van der Waals surface area contributed by atoms with Crippen LogP contribution >= 0.6 is 11.6 Å². The average molecular weight is 590 g/mol. The van der Waals surface area contributed by atoms with E-state index in [0.29, 0.717) is 46.5 Å². The number of piperazine rings is 1. The van der Waals surface area contributed by atoms with Crippen molar-refractivity contribution in [3.8, 4) is 11.1 Å². The van der Waals surface area contributed by atoms with Crippen molar-refractivity contribution in [2.45, 2.75) is 32.9 Å². The number of nitrogen functional groups attached to an aromatic ring is 1. The molecule has 0 bridgehead atoms. The maximum absolute atomic E-state index is 16.8. The molecule has 1 aliphatic rings. The van der Waals surface area contributed by atoms with Crippen LogP contribution in [0.4, 0.5) is 27.7 Å². The summed E-state index contributed by atoms with van der Waals surface area (Å²) in [5.41, 5.74) is 8.64. The fourth-order valence-electron chi connectivity index (χ4n) is 5.63. The zero-order chi connectivity index (χ0) is 29.9. The minimum atomic E-state index is -0.632. The van der Waals surface area contributed by atoms with Crippen LogP contribution in [-0.4, -0.2) is 60.9 Å². The molecule has 42 heavy (non-hydrogen) atoms. The summed E-state index contributed by atoms with van der Waals surface area (Å²) in [5.74, 6) is 0.0330. The van der Waals surface area contributed by atoms with Gasteiger partial charge in [-0.15, -0.1) is 0 Å². The van der Waals surface area contributed by atoms with Crippen LogP contribution in [0.25, 0.3) is 33.0 Å². The van der Waals surface area contributed by atoms with Gasteiger partial charge in [0.1, 0.15) is 11.3 Å². The number of fused-ring (bicyclic) bond motifs is 2. The predicted octanol–water partition coefficient (Wildman–Crippen LogP) is 5.21. The molecular formula is C29H29ClFN9O2. The highest BCUT2D eigenvalue weighted by Gasteiger charge is 2.34.